The van der Waals surface area contributed by atoms with Crippen molar-refractivity contribution in [2.75, 3.05) is 0 Å². The highest BCUT2D eigenvalue weighted by atomic mass is 19.3. The zero-order valence-electron chi connectivity index (χ0n) is 13.4. The van der Waals surface area contributed by atoms with Gasteiger partial charge in [-0.15, -0.1) is 0 Å². The monoisotopic (exact) mass is 326 g/mol. The first-order valence-electron chi connectivity index (χ1n) is 7.65. The van der Waals surface area contributed by atoms with Gasteiger partial charge in [0.15, 0.2) is 0 Å². The minimum atomic E-state index is -2.35. The summed E-state index contributed by atoms with van der Waals surface area (Å²) in [6.07, 6.45) is -1.45. The average molecular weight is 326 g/mol. The number of hydrogen-bond acceptors (Lipinski definition) is 0. The van der Waals surface area contributed by atoms with E-state index in [4.69, 9.17) is 0 Å². The number of rotatable bonds is 5. The second kappa shape index (κ2) is 10.0. The van der Waals surface area contributed by atoms with Gasteiger partial charge in [-0.1, -0.05) is 67.4 Å². The molecule has 0 atom stereocenters. The van der Waals surface area contributed by atoms with E-state index < -0.39 is 12.9 Å². The van der Waals surface area contributed by atoms with Crippen LogP contribution < -0.4 is 0 Å². The van der Waals surface area contributed by atoms with E-state index in [0.29, 0.717) is 0 Å². The van der Waals surface area contributed by atoms with Crippen molar-refractivity contribution in [3.05, 3.63) is 70.8 Å². The highest BCUT2D eigenvalue weighted by Gasteiger charge is 2.05. The topological polar surface area (TPSA) is 0 Å². The van der Waals surface area contributed by atoms with Gasteiger partial charge in [-0.3, -0.25) is 0 Å². The largest absolute Gasteiger partial charge is 0.263 e. The van der Waals surface area contributed by atoms with Crippen LogP contribution in [0.1, 0.15) is 54.9 Å². The maximum atomic E-state index is 12.2. The molecule has 0 radical (unpaired) electrons. The number of alkyl halides is 4. The molecule has 0 fully saturated rings. The van der Waals surface area contributed by atoms with E-state index in [0.717, 1.165) is 30.4 Å². The fourth-order valence-corrected chi connectivity index (χ4v) is 1.92. The number of unbranched alkanes of at least 4 members (excludes halogenated alkanes) is 1. The summed E-state index contributed by atoms with van der Waals surface area (Å²) >= 11 is 0. The van der Waals surface area contributed by atoms with Crippen molar-refractivity contribution < 1.29 is 17.6 Å². The molecule has 0 saturated carbocycles. The summed E-state index contributed by atoms with van der Waals surface area (Å²) in [6, 6.07) is 12.8. The molecular weight excluding hydrogens is 304 g/mol. The van der Waals surface area contributed by atoms with Crippen LogP contribution in [0.3, 0.4) is 0 Å². The molecule has 0 unspecified atom stereocenters. The summed E-state index contributed by atoms with van der Waals surface area (Å²) < 4.78 is 48.1. The van der Waals surface area contributed by atoms with Crippen molar-refractivity contribution >= 4 is 0 Å². The quantitative estimate of drug-likeness (QED) is 0.524. The normalized spacial score (nSPS) is 10.6. The molecule has 2 rings (SSSR count). The maximum absolute atomic E-state index is 12.2. The summed E-state index contributed by atoms with van der Waals surface area (Å²) in [7, 11) is 0. The van der Waals surface area contributed by atoms with Gasteiger partial charge in [-0.2, -0.15) is 0 Å². The smallest absolute Gasteiger partial charge is 0.205 e. The first-order valence-corrected chi connectivity index (χ1v) is 7.65. The van der Waals surface area contributed by atoms with Crippen LogP contribution in [0.25, 0.3) is 0 Å². The van der Waals surface area contributed by atoms with Crippen molar-refractivity contribution in [1.82, 2.24) is 0 Å². The molecule has 0 aliphatic rings. The molecule has 0 saturated heterocycles. The molecule has 0 heterocycles. The van der Waals surface area contributed by atoms with Gasteiger partial charge in [-0.05, 0) is 25.3 Å². The third kappa shape index (κ3) is 7.31. The third-order valence-electron chi connectivity index (χ3n) is 3.38. The fraction of sp³-hybridized carbons (Fsp3) is 0.368. The molecule has 0 aliphatic carbocycles. The van der Waals surface area contributed by atoms with Crippen LogP contribution in [0.15, 0.2) is 48.5 Å². The molecule has 126 valence electrons. The van der Waals surface area contributed by atoms with Crippen LogP contribution in [0.5, 0.6) is 0 Å². The molecule has 0 aliphatic heterocycles. The Labute approximate surface area is 135 Å². The summed E-state index contributed by atoms with van der Waals surface area (Å²) in [5, 5.41) is 0. The Bertz CT molecular complexity index is 545. The zero-order chi connectivity index (χ0) is 17.2. The van der Waals surface area contributed by atoms with E-state index in [1.165, 1.54) is 24.3 Å². The third-order valence-corrected chi connectivity index (χ3v) is 3.38. The van der Waals surface area contributed by atoms with Crippen LogP contribution in [0, 0.1) is 6.92 Å². The van der Waals surface area contributed by atoms with Gasteiger partial charge < -0.3 is 0 Å². The predicted molar refractivity (Wildman–Crippen MR) is 86.1 cm³/mol. The molecule has 4 heteroatoms. The van der Waals surface area contributed by atoms with Gasteiger partial charge in [0.05, 0.1) is 0 Å². The molecule has 2 aromatic carbocycles. The standard InChI is InChI=1S/C11H14F2.C8H8F2/c1-2-3-4-9-5-7-10(8-6-9)11(12)13;1-6-2-4-7(5-3-6)8(9)10/h5-8,11H,2-4H2,1H3;2-5,8H,1H3. The van der Waals surface area contributed by atoms with E-state index in [9.17, 15) is 17.6 Å². The second-order valence-electron chi connectivity index (χ2n) is 5.36. The molecule has 0 N–H and O–H groups in total. The SMILES string of the molecule is CCCCc1ccc(C(F)F)cc1.Cc1ccc(C(F)F)cc1. The van der Waals surface area contributed by atoms with Crippen molar-refractivity contribution in [3.63, 3.8) is 0 Å². The van der Waals surface area contributed by atoms with E-state index in [2.05, 4.69) is 6.92 Å². The Balaban J connectivity index is 0.000000238. The molecule has 0 bridgehead atoms. The van der Waals surface area contributed by atoms with Crippen molar-refractivity contribution in [2.45, 2.75) is 46.0 Å². The Kier molecular flexibility index (Phi) is 8.38. The van der Waals surface area contributed by atoms with Crippen LogP contribution in [0.2, 0.25) is 0 Å². The molecular formula is C19H22F4. The van der Waals surface area contributed by atoms with Gasteiger partial charge in [-0.25, -0.2) is 17.6 Å². The molecule has 0 aromatic heterocycles. The van der Waals surface area contributed by atoms with Gasteiger partial charge in [0, 0.05) is 11.1 Å². The lowest BCUT2D eigenvalue weighted by Gasteiger charge is -2.02. The first-order chi connectivity index (χ1) is 10.9. The number of benzene rings is 2. The lowest BCUT2D eigenvalue weighted by molar-refractivity contribution is 0.151. The van der Waals surface area contributed by atoms with E-state index in [-0.39, 0.29) is 11.1 Å². The van der Waals surface area contributed by atoms with E-state index in [1.807, 2.05) is 6.92 Å². The zero-order valence-corrected chi connectivity index (χ0v) is 13.4. The van der Waals surface area contributed by atoms with Gasteiger partial charge in [0.1, 0.15) is 0 Å². The Morgan fingerprint density at radius 3 is 1.57 bits per heavy atom. The second-order valence-corrected chi connectivity index (χ2v) is 5.36. The van der Waals surface area contributed by atoms with Gasteiger partial charge in [0.25, 0.3) is 12.9 Å². The van der Waals surface area contributed by atoms with Gasteiger partial charge >= 0.3 is 0 Å². The predicted octanol–water partition coefficient (Wildman–Crippen LogP) is 6.90. The van der Waals surface area contributed by atoms with Crippen LogP contribution in [-0.4, -0.2) is 0 Å². The van der Waals surface area contributed by atoms with Crippen molar-refractivity contribution in [1.29, 1.82) is 0 Å². The molecule has 0 spiro atoms. The number of aryl methyl sites for hydroxylation is 2. The van der Waals surface area contributed by atoms with E-state index in [1.54, 1.807) is 24.3 Å². The Morgan fingerprint density at radius 1 is 0.739 bits per heavy atom. The minimum Gasteiger partial charge on any atom is -0.205 e. The lowest BCUT2D eigenvalue weighted by atomic mass is 10.1. The number of halogens is 4. The lowest BCUT2D eigenvalue weighted by Crippen LogP contribution is -1.87. The van der Waals surface area contributed by atoms with Crippen molar-refractivity contribution in [3.8, 4) is 0 Å². The molecule has 0 nitrogen and oxygen atoms in total. The fourth-order valence-electron chi connectivity index (χ4n) is 1.92. The van der Waals surface area contributed by atoms with Crippen LogP contribution >= 0.6 is 0 Å². The summed E-state index contributed by atoms with van der Waals surface area (Å²) in [5.74, 6) is 0. The first kappa shape index (κ1) is 19.2. The summed E-state index contributed by atoms with van der Waals surface area (Å²) in [5.41, 5.74) is 2.35. The Morgan fingerprint density at radius 2 is 1.17 bits per heavy atom. The molecule has 2 aromatic rings. The molecule has 0 amide bonds. The van der Waals surface area contributed by atoms with Crippen LogP contribution in [0.4, 0.5) is 17.6 Å². The molecule has 23 heavy (non-hydrogen) atoms. The number of hydrogen-bond donors (Lipinski definition) is 0. The van der Waals surface area contributed by atoms with E-state index >= 15 is 0 Å². The van der Waals surface area contributed by atoms with Crippen molar-refractivity contribution in [2.24, 2.45) is 0 Å². The summed E-state index contributed by atoms with van der Waals surface area (Å²) in [6.45, 7) is 3.99. The highest BCUT2D eigenvalue weighted by molar-refractivity contribution is 5.23. The highest BCUT2D eigenvalue weighted by Crippen LogP contribution is 2.19. The van der Waals surface area contributed by atoms with Crippen LogP contribution in [-0.2, 0) is 6.42 Å². The average Bonchev–Trinajstić information content (AvgIpc) is 2.54. The summed E-state index contributed by atoms with van der Waals surface area (Å²) in [4.78, 5) is 0. The van der Waals surface area contributed by atoms with Gasteiger partial charge in [0.2, 0.25) is 0 Å². The Hall–Kier alpha value is -1.84. The maximum Gasteiger partial charge on any atom is 0.263 e. The minimum absolute atomic E-state index is 0.0885.